The predicted octanol–water partition coefficient (Wildman–Crippen LogP) is 4.90. The fraction of sp³-hybridized carbons (Fsp3) is 0.632. The number of benzene rings is 1. The molecule has 0 saturated heterocycles. The van der Waals surface area contributed by atoms with Crippen LogP contribution in [0, 0.1) is 5.92 Å². The van der Waals surface area contributed by atoms with Crippen LogP contribution in [-0.2, 0) is 11.8 Å². The first-order chi connectivity index (χ1) is 9.93. The van der Waals surface area contributed by atoms with Gasteiger partial charge in [0.25, 0.3) is 0 Å². The van der Waals surface area contributed by atoms with Gasteiger partial charge in [0.2, 0.25) is 0 Å². The Balaban J connectivity index is 2.16. The highest BCUT2D eigenvalue weighted by Crippen LogP contribution is 2.50. The van der Waals surface area contributed by atoms with Crippen molar-refractivity contribution >= 4 is 5.97 Å². The third-order valence-electron chi connectivity index (χ3n) is 5.90. The predicted molar refractivity (Wildman–Crippen MR) is 85.1 cm³/mol. The van der Waals surface area contributed by atoms with Gasteiger partial charge in [0.1, 0.15) is 0 Å². The van der Waals surface area contributed by atoms with Crippen LogP contribution in [0.2, 0.25) is 0 Å². The summed E-state index contributed by atoms with van der Waals surface area (Å²) >= 11 is 0. The van der Waals surface area contributed by atoms with E-state index in [1.807, 2.05) is 6.07 Å². The largest absolute Gasteiger partial charge is 0.478 e. The number of rotatable bonds is 2. The SMILES string of the molecule is CC(C)c1cc2c(cc1C(=O)O)C1(C)CCCCC1CC2. The van der Waals surface area contributed by atoms with Crippen molar-refractivity contribution in [1.82, 2.24) is 0 Å². The average molecular weight is 286 g/mol. The third-order valence-corrected chi connectivity index (χ3v) is 5.90. The van der Waals surface area contributed by atoms with Gasteiger partial charge in [0.15, 0.2) is 0 Å². The Kier molecular flexibility index (Phi) is 3.59. The minimum Gasteiger partial charge on any atom is -0.478 e. The lowest BCUT2D eigenvalue weighted by atomic mass is 9.58. The van der Waals surface area contributed by atoms with Gasteiger partial charge in [0, 0.05) is 0 Å². The summed E-state index contributed by atoms with van der Waals surface area (Å²) in [6.07, 6.45) is 7.53. The molecule has 114 valence electrons. The Morgan fingerprint density at radius 2 is 2.05 bits per heavy atom. The van der Waals surface area contributed by atoms with E-state index in [1.54, 1.807) is 0 Å². The summed E-state index contributed by atoms with van der Waals surface area (Å²) in [4.78, 5) is 11.7. The molecule has 2 atom stereocenters. The standard InChI is InChI=1S/C19H26O2/c1-12(2)15-10-13-7-8-14-6-4-5-9-19(14,3)17(13)11-16(15)18(20)21/h10-12,14H,4-9H2,1-3H3,(H,20,21). The lowest BCUT2D eigenvalue weighted by Crippen LogP contribution is -2.39. The van der Waals surface area contributed by atoms with E-state index in [0.717, 1.165) is 17.9 Å². The van der Waals surface area contributed by atoms with E-state index in [4.69, 9.17) is 0 Å². The van der Waals surface area contributed by atoms with Gasteiger partial charge in [-0.2, -0.15) is 0 Å². The van der Waals surface area contributed by atoms with Gasteiger partial charge in [-0.1, -0.05) is 39.7 Å². The van der Waals surface area contributed by atoms with Crippen molar-refractivity contribution in [3.8, 4) is 0 Å². The minimum atomic E-state index is -0.775. The minimum absolute atomic E-state index is 0.200. The Morgan fingerprint density at radius 1 is 1.29 bits per heavy atom. The molecule has 1 aromatic carbocycles. The molecule has 1 fully saturated rings. The molecule has 0 spiro atoms. The summed E-state index contributed by atoms with van der Waals surface area (Å²) in [6.45, 7) is 6.54. The van der Waals surface area contributed by atoms with E-state index in [2.05, 4.69) is 26.8 Å². The van der Waals surface area contributed by atoms with Crippen LogP contribution in [0.5, 0.6) is 0 Å². The molecule has 0 radical (unpaired) electrons. The Morgan fingerprint density at radius 3 is 2.71 bits per heavy atom. The molecule has 0 heterocycles. The van der Waals surface area contributed by atoms with Gasteiger partial charge in [-0.25, -0.2) is 4.79 Å². The van der Waals surface area contributed by atoms with Crippen LogP contribution >= 0.6 is 0 Å². The molecular weight excluding hydrogens is 260 g/mol. The molecule has 0 aliphatic heterocycles. The number of hydrogen-bond acceptors (Lipinski definition) is 1. The zero-order valence-electron chi connectivity index (χ0n) is 13.4. The van der Waals surface area contributed by atoms with Gasteiger partial charge in [-0.05, 0) is 65.7 Å². The van der Waals surface area contributed by atoms with Crippen molar-refractivity contribution in [2.45, 2.75) is 70.6 Å². The maximum atomic E-state index is 11.7. The quantitative estimate of drug-likeness (QED) is 0.839. The average Bonchev–Trinajstić information content (AvgIpc) is 2.45. The fourth-order valence-electron chi connectivity index (χ4n) is 4.62. The smallest absolute Gasteiger partial charge is 0.335 e. The molecule has 2 aliphatic carbocycles. The fourth-order valence-corrected chi connectivity index (χ4v) is 4.62. The van der Waals surface area contributed by atoms with E-state index in [0.29, 0.717) is 5.56 Å². The Labute approximate surface area is 127 Å². The lowest BCUT2D eigenvalue weighted by molar-refractivity contribution is 0.0694. The molecule has 0 aromatic heterocycles. The van der Waals surface area contributed by atoms with E-state index >= 15 is 0 Å². The highest BCUT2D eigenvalue weighted by molar-refractivity contribution is 5.90. The zero-order valence-corrected chi connectivity index (χ0v) is 13.4. The summed E-state index contributed by atoms with van der Waals surface area (Å²) in [5, 5.41) is 9.60. The first-order valence-electron chi connectivity index (χ1n) is 8.34. The number of carboxylic acid groups (broad SMARTS) is 1. The maximum Gasteiger partial charge on any atom is 0.335 e. The summed E-state index contributed by atoms with van der Waals surface area (Å²) in [7, 11) is 0. The van der Waals surface area contributed by atoms with Crippen LogP contribution in [0.4, 0.5) is 0 Å². The Bertz CT molecular complexity index is 573. The Hall–Kier alpha value is -1.31. The second kappa shape index (κ2) is 5.15. The second-order valence-electron chi connectivity index (χ2n) is 7.46. The van der Waals surface area contributed by atoms with Gasteiger partial charge >= 0.3 is 5.97 Å². The maximum absolute atomic E-state index is 11.7. The summed E-state index contributed by atoms with van der Waals surface area (Å²) in [5.74, 6) is 0.228. The molecule has 0 bridgehead atoms. The molecular formula is C19H26O2. The van der Waals surface area contributed by atoms with Crippen molar-refractivity contribution in [2.24, 2.45) is 5.92 Å². The van der Waals surface area contributed by atoms with E-state index in [9.17, 15) is 9.90 Å². The van der Waals surface area contributed by atoms with Crippen LogP contribution in [0.25, 0.3) is 0 Å². The number of aromatic carboxylic acids is 1. The molecule has 2 aliphatic rings. The normalized spacial score (nSPS) is 28.1. The second-order valence-corrected chi connectivity index (χ2v) is 7.46. The molecule has 0 amide bonds. The number of hydrogen-bond donors (Lipinski definition) is 1. The van der Waals surface area contributed by atoms with E-state index in [-0.39, 0.29) is 11.3 Å². The number of fused-ring (bicyclic) bond motifs is 3. The van der Waals surface area contributed by atoms with Crippen LogP contribution < -0.4 is 0 Å². The highest BCUT2D eigenvalue weighted by atomic mass is 16.4. The molecule has 2 heteroatoms. The first kappa shape index (κ1) is 14.6. The highest BCUT2D eigenvalue weighted by Gasteiger charge is 2.42. The van der Waals surface area contributed by atoms with Crippen molar-refractivity contribution in [3.63, 3.8) is 0 Å². The summed E-state index contributed by atoms with van der Waals surface area (Å²) in [6, 6.07) is 4.21. The van der Waals surface area contributed by atoms with E-state index in [1.165, 1.54) is 43.2 Å². The molecule has 2 unspecified atom stereocenters. The molecule has 1 aromatic rings. The monoisotopic (exact) mass is 286 g/mol. The molecule has 21 heavy (non-hydrogen) atoms. The topological polar surface area (TPSA) is 37.3 Å². The van der Waals surface area contributed by atoms with Crippen LogP contribution in [0.15, 0.2) is 12.1 Å². The zero-order chi connectivity index (χ0) is 15.2. The molecule has 2 nitrogen and oxygen atoms in total. The number of aryl methyl sites for hydroxylation is 1. The van der Waals surface area contributed by atoms with E-state index < -0.39 is 5.97 Å². The van der Waals surface area contributed by atoms with Crippen molar-refractivity contribution < 1.29 is 9.90 Å². The van der Waals surface area contributed by atoms with Crippen LogP contribution in [0.3, 0.4) is 0 Å². The number of carbonyl (C=O) groups is 1. The first-order valence-corrected chi connectivity index (χ1v) is 8.34. The van der Waals surface area contributed by atoms with Gasteiger partial charge in [-0.15, -0.1) is 0 Å². The van der Waals surface area contributed by atoms with Crippen LogP contribution in [-0.4, -0.2) is 11.1 Å². The van der Waals surface area contributed by atoms with Crippen LogP contribution in [0.1, 0.15) is 85.8 Å². The van der Waals surface area contributed by atoms with Crippen molar-refractivity contribution in [2.75, 3.05) is 0 Å². The molecule has 3 rings (SSSR count). The van der Waals surface area contributed by atoms with Gasteiger partial charge < -0.3 is 5.11 Å². The third kappa shape index (κ3) is 2.29. The molecule has 1 saturated carbocycles. The lowest BCUT2D eigenvalue weighted by Gasteiger charge is -2.47. The summed E-state index contributed by atoms with van der Waals surface area (Å²) in [5.41, 5.74) is 4.46. The summed E-state index contributed by atoms with van der Waals surface area (Å²) < 4.78 is 0. The van der Waals surface area contributed by atoms with Gasteiger partial charge in [-0.3, -0.25) is 0 Å². The van der Waals surface area contributed by atoms with Gasteiger partial charge in [0.05, 0.1) is 5.56 Å². The number of carboxylic acids is 1. The van der Waals surface area contributed by atoms with Crippen molar-refractivity contribution in [3.05, 3.63) is 34.4 Å². The van der Waals surface area contributed by atoms with Crippen molar-refractivity contribution in [1.29, 1.82) is 0 Å². The molecule has 1 N–H and O–H groups in total.